The van der Waals surface area contributed by atoms with Crippen LogP contribution in [0.4, 0.5) is 0 Å². The molecule has 0 unspecified atom stereocenters. The number of benzene rings is 1. The van der Waals surface area contributed by atoms with E-state index in [1.54, 1.807) is 14.4 Å². The molecule has 4 rings (SSSR count). The van der Waals surface area contributed by atoms with Crippen LogP contribution in [0.3, 0.4) is 0 Å². The number of aromatic nitrogens is 1. The van der Waals surface area contributed by atoms with E-state index < -0.39 is 5.97 Å². The molecule has 2 aliphatic heterocycles. The Balaban J connectivity index is 1.44. The number of aryl methyl sites for hydroxylation is 1. The lowest BCUT2D eigenvalue weighted by molar-refractivity contribution is -0.131. The van der Waals surface area contributed by atoms with Gasteiger partial charge in [0.05, 0.1) is 13.7 Å². The van der Waals surface area contributed by atoms with E-state index in [0.717, 1.165) is 19.3 Å². The molecule has 2 aliphatic rings. The number of carbonyl (C=O) groups excluding carboxylic acids is 3. The van der Waals surface area contributed by atoms with Gasteiger partial charge < -0.3 is 23.8 Å². The van der Waals surface area contributed by atoms with Gasteiger partial charge in [-0.3, -0.25) is 14.4 Å². The number of amides is 2. The molecule has 0 saturated carbocycles. The van der Waals surface area contributed by atoms with Crippen molar-refractivity contribution in [3.05, 3.63) is 63.6 Å². The minimum absolute atomic E-state index is 0.0400. The van der Waals surface area contributed by atoms with Gasteiger partial charge >= 0.3 is 5.97 Å². The molecule has 1 saturated heterocycles. The number of rotatable bonds is 9. The number of pyridine rings is 1. The highest BCUT2D eigenvalue weighted by atomic mass is 16.5. The fourth-order valence-electron chi connectivity index (χ4n) is 4.89. The number of methoxy groups -OCH3 is 1. The maximum absolute atomic E-state index is 12.9. The molecule has 2 amide bonds. The number of carbonyl (C=O) groups is 3. The molecule has 9 nitrogen and oxygen atoms in total. The molecule has 3 heterocycles. The van der Waals surface area contributed by atoms with Crippen molar-refractivity contribution < 1.29 is 23.9 Å². The summed E-state index contributed by atoms with van der Waals surface area (Å²) < 4.78 is 12.4. The number of hydrogen-bond donors (Lipinski definition) is 0. The fourth-order valence-corrected chi connectivity index (χ4v) is 4.89. The van der Waals surface area contributed by atoms with Crippen LogP contribution in [0.2, 0.25) is 0 Å². The predicted molar refractivity (Wildman–Crippen MR) is 133 cm³/mol. The van der Waals surface area contributed by atoms with Crippen LogP contribution >= 0.6 is 0 Å². The molecule has 1 aromatic carbocycles. The number of fused-ring (bicyclic) bond motifs is 1. The Morgan fingerprint density at radius 3 is 2.53 bits per heavy atom. The van der Waals surface area contributed by atoms with Crippen LogP contribution in [0.5, 0.6) is 5.75 Å². The van der Waals surface area contributed by atoms with Crippen LogP contribution in [0.15, 0.2) is 41.2 Å². The summed E-state index contributed by atoms with van der Waals surface area (Å²) in [5.74, 6) is -0.304. The molecule has 0 aliphatic carbocycles. The Bertz CT molecular complexity index is 1160. The second-order valence-corrected chi connectivity index (χ2v) is 9.11. The lowest BCUT2D eigenvalue weighted by Gasteiger charge is -2.20. The normalized spacial score (nSPS) is 15.4. The van der Waals surface area contributed by atoms with Crippen LogP contribution in [0.1, 0.15) is 47.3 Å². The fraction of sp³-hybridized carbons (Fsp3) is 0.481. The summed E-state index contributed by atoms with van der Waals surface area (Å²) in [5.41, 5.74) is 1.64. The van der Waals surface area contributed by atoms with E-state index in [-0.39, 0.29) is 35.3 Å². The van der Waals surface area contributed by atoms with Gasteiger partial charge in [-0.05, 0) is 24.8 Å². The van der Waals surface area contributed by atoms with Crippen LogP contribution in [0.25, 0.3) is 0 Å². The first-order chi connectivity index (χ1) is 17.5. The van der Waals surface area contributed by atoms with Crippen molar-refractivity contribution in [2.24, 2.45) is 0 Å². The summed E-state index contributed by atoms with van der Waals surface area (Å²) in [4.78, 5) is 53.9. The van der Waals surface area contributed by atoms with E-state index in [4.69, 9.17) is 9.47 Å². The lowest BCUT2D eigenvalue weighted by atomic mass is 10.1. The van der Waals surface area contributed by atoms with E-state index in [1.807, 2.05) is 18.2 Å². The number of hydrogen-bond acceptors (Lipinski definition) is 6. The average molecular weight is 496 g/mol. The summed E-state index contributed by atoms with van der Waals surface area (Å²) in [6, 6.07) is 11.4. The first-order valence-electron chi connectivity index (χ1n) is 12.5. The highest BCUT2D eigenvalue weighted by Gasteiger charge is 2.28. The van der Waals surface area contributed by atoms with Crippen molar-refractivity contribution in [1.82, 2.24) is 14.4 Å². The maximum Gasteiger partial charge on any atom is 0.343 e. The molecule has 36 heavy (non-hydrogen) atoms. The standard InChI is InChI=1S/C27H33N3O6/c1-35-27(34)26-21-12-14-29(23(31)10-5-9-20-7-3-2-4-8-20)15-16-30(21)25(33)19-22(26)36-18-17-28-13-6-11-24(28)32/h2-4,7-8,19H,5-6,9-18H2,1H3. The van der Waals surface area contributed by atoms with Gasteiger partial charge in [0.15, 0.2) is 0 Å². The molecule has 2 aromatic rings. The van der Waals surface area contributed by atoms with Gasteiger partial charge in [-0.1, -0.05) is 30.3 Å². The summed E-state index contributed by atoms with van der Waals surface area (Å²) in [7, 11) is 1.29. The van der Waals surface area contributed by atoms with Crippen LogP contribution in [0, 0.1) is 0 Å². The van der Waals surface area contributed by atoms with Gasteiger partial charge in [0, 0.05) is 57.2 Å². The third-order valence-electron chi connectivity index (χ3n) is 6.82. The van der Waals surface area contributed by atoms with Crippen LogP contribution in [-0.4, -0.2) is 72.0 Å². The van der Waals surface area contributed by atoms with Gasteiger partial charge in [0.25, 0.3) is 5.56 Å². The van der Waals surface area contributed by atoms with Gasteiger partial charge in [0.2, 0.25) is 11.8 Å². The molecule has 0 atom stereocenters. The zero-order chi connectivity index (χ0) is 25.5. The Hall–Kier alpha value is -3.62. The van der Waals surface area contributed by atoms with E-state index in [0.29, 0.717) is 57.7 Å². The Morgan fingerprint density at radius 1 is 1.00 bits per heavy atom. The van der Waals surface area contributed by atoms with E-state index in [2.05, 4.69) is 12.1 Å². The van der Waals surface area contributed by atoms with E-state index in [1.165, 1.54) is 18.7 Å². The zero-order valence-electron chi connectivity index (χ0n) is 20.7. The second-order valence-electron chi connectivity index (χ2n) is 9.11. The molecular formula is C27H33N3O6. The summed E-state index contributed by atoms with van der Waals surface area (Å²) in [5, 5.41) is 0. The Morgan fingerprint density at radius 2 is 1.81 bits per heavy atom. The quantitative estimate of drug-likeness (QED) is 0.494. The Kier molecular flexibility index (Phi) is 8.40. The van der Waals surface area contributed by atoms with Gasteiger partial charge in [-0.15, -0.1) is 0 Å². The summed E-state index contributed by atoms with van der Waals surface area (Å²) in [6.45, 7) is 2.35. The van der Waals surface area contributed by atoms with E-state index >= 15 is 0 Å². The largest absolute Gasteiger partial charge is 0.491 e. The molecule has 0 radical (unpaired) electrons. The first kappa shape index (κ1) is 25.5. The van der Waals surface area contributed by atoms with Crippen molar-refractivity contribution in [2.45, 2.75) is 45.1 Å². The third kappa shape index (κ3) is 5.95. The average Bonchev–Trinajstić information content (AvgIpc) is 3.15. The first-order valence-corrected chi connectivity index (χ1v) is 12.5. The van der Waals surface area contributed by atoms with E-state index in [9.17, 15) is 19.2 Å². The van der Waals surface area contributed by atoms with Crippen molar-refractivity contribution >= 4 is 17.8 Å². The van der Waals surface area contributed by atoms with Crippen molar-refractivity contribution in [3.8, 4) is 5.75 Å². The Labute approximate surface area is 210 Å². The van der Waals surface area contributed by atoms with Crippen molar-refractivity contribution in [1.29, 1.82) is 0 Å². The molecule has 192 valence electrons. The van der Waals surface area contributed by atoms with Crippen molar-refractivity contribution in [3.63, 3.8) is 0 Å². The third-order valence-corrected chi connectivity index (χ3v) is 6.82. The number of esters is 1. The molecule has 1 fully saturated rings. The van der Waals surface area contributed by atoms with Crippen molar-refractivity contribution in [2.75, 3.05) is 39.9 Å². The minimum Gasteiger partial charge on any atom is -0.491 e. The van der Waals surface area contributed by atoms with Gasteiger partial charge in [-0.2, -0.15) is 0 Å². The predicted octanol–water partition coefficient (Wildman–Crippen LogP) is 2.04. The van der Waals surface area contributed by atoms with Crippen LogP contribution in [-0.2, 0) is 33.7 Å². The lowest BCUT2D eigenvalue weighted by Crippen LogP contribution is -2.34. The monoisotopic (exact) mass is 495 g/mol. The number of ether oxygens (including phenoxy) is 2. The molecular weight excluding hydrogens is 462 g/mol. The highest BCUT2D eigenvalue weighted by molar-refractivity contribution is 5.93. The number of nitrogens with zero attached hydrogens (tertiary/aromatic N) is 3. The molecule has 0 bridgehead atoms. The molecule has 0 N–H and O–H groups in total. The smallest absolute Gasteiger partial charge is 0.343 e. The molecule has 0 spiro atoms. The maximum atomic E-state index is 12.9. The van der Waals surface area contributed by atoms with Gasteiger partial charge in [0.1, 0.15) is 17.9 Å². The zero-order valence-corrected chi connectivity index (χ0v) is 20.7. The number of likely N-dealkylation sites (tertiary alicyclic amines) is 1. The minimum atomic E-state index is -0.589. The second kappa shape index (κ2) is 11.9. The molecule has 9 heteroatoms. The highest BCUT2D eigenvalue weighted by Crippen LogP contribution is 2.24. The van der Waals surface area contributed by atoms with Crippen LogP contribution < -0.4 is 10.3 Å². The molecule has 1 aromatic heterocycles. The summed E-state index contributed by atoms with van der Waals surface area (Å²) in [6.07, 6.45) is 3.70. The summed E-state index contributed by atoms with van der Waals surface area (Å²) >= 11 is 0. The SMILES string of the molecule is COC(=O)c1c(OCCN2CCCC2=O)cc(=O)n2c1CCN(C(=O)CCCc1ccccc1)CC2. The van der Waals surface area contributed by atoms with Gasteiger partial charge in [-0.25, -0.2) is 4.79 Å². The topological polar surface area (TPSA) is 98.2 Å².